The molecule has 8 aromatic rings. The van der Waals surface area contributed by atoms with Crippen LogP contribution in [0.1, 0.15) is 46.4 Å². The topological polar surface area (TPSA) is 17.8 Å². The van der Waals surface area contributed by atoms with Crippen LogP contribution in [0, 0.1) is 0 Å². The first-order valence-corrected chi connectivity index (χ1v) is 20.3. The number of aryl methyl sites for hydroxylation is 1. The zero-order valence-corrected chi connectivity index (χ0v) is 30.5. The van der Waals surface area contributed by atoms with Gasteiger partial charge in [0.05, 0.1) is 0 Å². The van der Waals surface area contributed by atoms with Crippen molar-refractivity contribution < 1.29 is 0 Å². The molecular formula is C48H35BN2Se. The minimum atomic E-state index is -0.495. The van der Waals surface area contributed by atoms with Crippen molar-refractivity contribution in [3.63, 3.8) is 0 Å². The fourth-order valence-corrected chi connectivity index (χ4v) is 12.2. The number of hydrogen-bond acceptors (Lipinski definition) is 1. The molecule has 0 saturated carbocycles. The number of pyridine rings is 1. The Bertz CT molecular complexity index is 2620. The summed E-state index contributed by atoms with van der Waals surface area (Å²) in [6, 6.07) is 59.6. The first-order valence-electron chi connectivity index (χ1n) is 18.5. The fraction of sp³-hybridized carbons (Fsp3) is 0.104. The van der Waals surface area contributed by atoms with E-state index in [0.717, 1.165) is 17.7 Å². The van der Waals surface area contributed by atoms with Gasteiger partial charge in [-0.15, -0.1) is 0 Å². The number of rotatable bonds is 4. The molecule has 246 valence electrons. The zero-order valence-electron chi connectivity index (χ0n) is 28.8. The molecule has 11 rings (SSSR count). The Balaban J connectivity index is 1.22. The SMILES string of the molecule is c1ccc(C2(c3ccccc3)c3cc(-c4ccccn4)ccc3B3c4cc(-n5c6c(c7ccccc75)CCCC6)ccc4[Se]c4cccc2c43)cc1. The molecule has 0 fully saturated rings. The van der Waals surface area contributed by atoms with Gasteiger partial charge in [0.15, 0.2) is 0 Å². The Hall–Kier alpha value is -5.41. The van der Waals surface area contributed by atoms with Crippen LogP contribution in [0.25, 0.3) is 27.8 Å². The van der Waals surface area contributed by atoms with Crippen LogP contribution in [0.15, 0.2) is 164 Å². The van der Waals surface area contributed by atoms with Gasteiger partial charge >= 0.3 is 313 Å². The molecule has 0 atom stereocenters. The predicted octanol–water partition coefficient (Wildman–Crippen LogP) is 6.75. The Morgan fingerprint density at radius 3 is 2.17 bits per heavy atom. The van der Waals surface area contributed by atoms with E-state index in [1.54, 1.807) is 5.56 Å². The standard InChI is InChI=1S/C48H35BN2Se/c1-3-14-33(15-4-1)48(34-16-5-2-6-17-34)38-20-13-24-46-47(38)49(40-27-25-32(30-39(40)48)42-21-11-12-29-50-42)41-31-35(26-28-45(41)52-46)51-43-22-9-7-18-36(43)37-19-8-10-23-44(37)51/h1-7,9,11-18,20-22,24-31H,8,10,19,23H2. The maximum absolute atomic E-state index is 4.84. The Kier molecular flexibility index (Phi) is 6.87. The number of nitrogens with zero attached hydrogens (tertiary/aromatic N) is 2. The van der Waals surface area contributed by atoms with E-state index in [-0.39, 0.29) is 21.7 Å². The first-order chi connectivity index (χ1) is 25.8. The van der Waals surface area contributed by atoms with Gasteiger partial charge in [0.1, 0.15) is 0 Å². The molecule has 0 saturated heterocycles. The maximum atomic E-state index is 4.84. The van der Waals surface area contributed by atoms with Gasteiger partial charge < -0.3 is 0 Å². The summed E-state index contributed by atoms with van der Waals surface area (Å²) in [5.41, 5.74) is 17.0. The molecule has 2 nitrogen and oxygen atoms in total. The summed E-state index contributed by atoms with van der Waals surface area (Å²) in [5.74, 6) is 0. The molecule has 4 heteroatoms. The predicted molar refractivity (Wildman–Crippen MR) is 218 cm³/mol. The van der Waals surface area contributed by atoms with E-state index in [1.807, 2.05) is 12.3 Å². The van der Waals surface area contributed by atoms with Crippen LogP contribution < -0.4 is 25.3 Å². The first kappa shape index (κ1) is 30.2. The Labute approximate surface area is 311 Å². The number of fused-ring (bicyclic) bond motifs is 7. The average Bonchev–Trinajstić information content (AvgIpc) is 3.56. The van der Waals surface area contributed by atoms with Crippen LogP contribution in [-0.2, 0) is 18.3 Å². The summed E-state index contributed by atoms with van der Waals surface area (Å²) >= 11 is 0.179. The second-order valence-corrected chi connectivity index (χ2v) is 16.7. The summed E-state index contributed by atoms with van der Waals surface area (Å²) in [6.45, 7) is 0.128. The summed E-state index contributed by atoms with van der Waals surface area (Å²) in [6.07, 6.45) is 6.74. The third-order valence-corrected chi connectivity index (χ3v) is 14.3. The summed E-state index contributed by atoms with van der Waals surface area (Å²) < 4.78 is 5.59. The van der Waals surface area contributed by atoms with E-state index >= 15 is 0 Å². The van der Waals surface area contributed by atoms with E-state index in [0.29, 0.717) is 0 Å². The number of benzene rings is 6. The van der Waals surface area contributed by atoms with E-state index in [2.05, 4.69) is 156 Å². The van der Waals surface area contributed by atoms with Crippen molar-refractivity contribution >= 4 is 57.9 Å². The molecule has 0 spiro atoms. The molecule has 52 heavy (non-hydrogen) atoms. The molecule has 0 bridgehead atoms. The summed E-state index contributed by atoms with van der Waals surface area (Å²) in [4.78, 5) is 4.84. The third kappa shape index (κ3) is 4.29. The monoisotopic (exact) mass is 730 g/mol. The molecule has 2 aliphatic heterocycles. The van der Waals surface area contributed by atoms with Crippen LogP contribution in [0.2, 0.25) is 0 Å². The molecular weight excluding hydrogens is 694 g/mol. The van der Waals surface area contributed by atoms with Crippen LogP contribution >= 0.6 is 0 Å². The Morgan fingerprint density at radius 2 is 1.37 bits per heavy atom. The van der Waals surface area contributed by atoms with E-state index in [1.165, 1.54) is 89.1 Å². The zero-order chi connectivity index (χ0) is 34.2. The van der Waals surface area contributed by atoms with E-state index in [9.17, 15) is 0 Å². The van der Waals surface area contributed by atoms with Gasteiger partial charge in [0, 0.05) is 0 Å². The molecule has 6 aromatic carbocycles. The fourth-order valence-electron chi connectivity index (χ4n) is 9.77. The van der Waals surface area contributed by atoms with Crippen LogP contribution in [0.4, 0.5) is 0 Å². The van der Waals surface area contributed by atoms with Crippen molar-refractivity contribution in [3.8, 4) is 16.9 Å². The molecule has 1 aliphatic carbocycles. The quantitative estimate of drug-likeness (QED) is 0.184. The van der Waals surface area contributed by atoms with Crippen molar-refractivity contribution in [1.82, 2.24) is 9.55 Å². The van der Waals surface area contributed by atoms with E-state index < -0.39 is 5.41 Å². The molecule has 0 unspecified atom stereocenters. The third-order valence-electron chi connectivity index (χ3n) is 11.9. The number of hydrogen-bond donors (Lipinski definition) is 0. The van der Waals surface area contributed by atoms with Gasteiger partial charge in [-0.3, -0.25) is 0 Å². The van der Waals surface area contributed by atoms with Crippen molar-refractivity contribution in [2.45, 2.75) is 31.1 Å². The molecule has 2 aromatic heterocycles. The van der Waals surface area contributed by atoms with Crippen LogP contribution in [0.5, 0.6) is 0 Å². The van der Waals surface area contributed by atoms with Crippen molar-refractivity contribution in [2.75, 3.05) is 0 Å². The van der Waals surface area contributed by atoms with Crippen LogP contribution in [0.3, 0.4) is 0 Å². The summed E-state index contributed by atoms with van der Waals surface area (Å²) in [7, 11) is 0. The van der Waals surface area contributed by atoms with Gasteiger partial charge in [0.25, 0.3) is 0 Å². The Morgan fingerprint density at radius 1 is 0.596 bits per heavy atom. The van der Waals surface area contributed by atoms with Gasteiger partial charge in [0.2, 0.25) is 0 Å². The van der Waals surface area contributed by atoms with Gasteiger partial charge in [-0.25, -0.2) is 0 Å². The van der Waals surface area contributed by atoms with Crippen molar-refractivity contribution in [1.29, 1.82) is 0 Å². The van der Waals surface area contributed by atoms with Crippen molar-refractivity contribution in [2.24, 2.45) is 0 Å². The molecule has 0 amide bonds. The second-order valence-electron chi connectivity index (χ2n) is 14.5. The summed E-state index contributed by atoms with van der Waals surface area (Å²) in [5, 5.41) is 1.42. The molecule has 4 heterocycles. The number of aromatic nitrogens is 2. The van der Waals surface area contributed by atoms with Crippen LogP contribution in [-0.4, -0.2) is 31.2 Å². The molecule has 0 N–H and O–H groups in total. The second kappa shape index (κ2) is 11.8. The minimum absolute atomic E-state index is 0.128. The molecule has 0 radical (unpaired) electrons. The van der Waals surface area contributed by atoms with E-state index in [4.69, 9.17) is 4.98 Å². The van der Waals surface area contributed by atoms with Crippen molar-refractivity contribution in [3.05, 3.63) is 197 Å². The number of para-hydroxylation sites is 1. The van der Waals surface area contributed by atoms with Gasteiger partial charge in [-0.2, -0.15) is 0 Å². The normalized spacial score (nSPS) is 15.0. The van der Waals surface area contributed by atoms with Gasteiger partial charge in [-0.05, 0) is 0 Å². The van der Waals surface area contributed by atoms with Gasteiger partial charge in [-0.1, -0.05) is 0 Å². The molecule has 3 aliphatic rings. The average molecular weight is 730 g/mol.